The number of fused-ring (bicyclic) bond motifs is 2. The number of hydrogen-bond acceptors (Lipinski definition) is 4. The second-order valence-electron chi connectivity index (χ2n) is 12.0. The van der Waals surface area contributed by atoms with Gasteiger partial charge < -0.3 is 9.80 Å². The van der Waals surface area contributed by atoms with Crippen LogP contribution in [0.1, 0.15) is 46.9 Å². The van der Waals surface area contributed by atoms with Gasteiger partial charge in [0.05, 0.1) is 16.7 Å². The van der Waals surface area contributed by atoms with Crippen molar-refractivity contribution >= 4 is 32.9 Å². The van der Waals surface area contributed by atoms with Gasteiger partial charge in [-0.1, -0.05) is 58.4 Å². The van der Waals surface area contributed by atoms with Crippen molar-refractivity contribution in [1.82, 2.24) is 28.7 Å². The standard InChI is InChI=1S/C35H37BrN6O2/c1-38-31-10-5-6-11-32(31)42(35(38)44)28-16-21-39(22-17-28)19-7-20-41-30-18-23-40(34(43)26-8-3-2-4-9-26)24-29(30)33(37-41)25-12-14-27(36)15-13-25/h2-6,8-15,28H,7,16-24H2,1H3. The molecule has 0 atom stereocenters. The maximum Gasteiger partial charge on any atom is 0.329 e. The van der Waals surface area contributed by atoms with Crippen LogP contribution >= 0.6 is 15.9 Å². The topological polar surface area (TPSA) is 68.3 Å². The van der Waals surface area contributed by atoms with Gasteiger partial charge in [0.1, 0.15) is 0 Å². The Morgan fingerprint density at radius 1 is 0.886 bits per heavy atom. The molecule has 1 saturated heterocycles. The van der Waals surface area contributed by atoms with Crippen molar-refractivity contribution in [2.75, 3.05) is 26.2 Å². The van der Waals surface area contributed by atoms with E-state index >= 15 is 0 Å². The molecule has 226 valence electrons. The molecule has 44 heavy (non-hydrogen) atoms. The Bertz CT molecular complexity index is 1850. The van der Waals surface area contributed by atoms with Crippen molar-refractivity contribution in [3.8, 4) is 11.3 Å². The number of hydrogen-bond donors (Lipinski definition) is 0. The molecule has 2 aliphatic rings. The summed E-state index contributed by atoms with van der Waals surface area (Å²) in [7, 11) is 1.87. The Kier molecular flexibility index (Phi) is 7.99. The highest BCUT2D eigenvalue weighted by Crippen LogP contribution is 2.32. The lowest BCUT2D eigenvalue weighted by Gasteiger charge is -2.32. The van der Waals surface area contributed by atoms with Crippen LogP contribution in [0.2, 0.25) is 0 Å². The Hall–Kier alpha value is -3.95. The molecule has 0 aliphatic carbocycles. The van der Waals surface area contributed by atoms with Crippen molar-refractivity contribution in [2.24, 2.45) is 7.05 Å². The van der Waals surface area contributed by atoms with E-state index in [9.17, 15) is 9.59 Å². The van der Waals surface area contributed by atoms with Crippen LogP contribution in [-0.2, 0) is 26.6 Å². The number of benzene rings is 3. The first-order valence-corrected chi connectivity index (χ1v) is 16.3. The zero-order chi connectivity index (χ0) is 30.2. The summed E-state index contributed by atoms with van der Waals surface area (Å²) in [6.45, 7) is 5.06. The molecule has 0 N–H and O–H groups in total. The van der Waals surface area contributed by atoms with Crippen LogP contribution in [0.5, 0.6) is 0 Å². The number of carbonyl (C=O) groups is 1. The van der Waals surface area contributed by atoms with Crippen LogP contribution < -0.4 is 5.69 Å². The number of nitrogens with zero attached hydrogens (tertiary/aromatic N) is 6. The summed E-state index contributed by atoms with van der Waals surface area (Å²) in [6, 6.07) is 26.2. The highest BCUT2D eigenvalue weighted by molar-refractivity contribution is 9.10. The lowest BCUT2D eigenvalue weighted by Crippen LogP contribution is -2.38. The molecular weight excluding hydrogens is 616 g/mol. The predicted molar refractivity (Wildman–Crippen MR) is 177 cm³/mol. The average Bonchev–Trinajstić information content (AvgIpc) is 3.55. The van der Waals surface area contributed by atoms with Gasteiger partial charge in [0.15, 0.2) is 0 Å². The van der Waals surface area contributed by atoms with Gasteiger partial charge in [0.2, 0.25) is 0 Å². The monoisotopic (exact) mass is 652 g/mol. The molecule has 7 rings (SSSR count). The number of rotatable bonds is 7. The molecule has 9 heteroatoms. The predicted octanol–water partition coefficient (Wildman–Crippen LogP) is 5.89. The van der Waals surface area contributed by atoms with Crippen LogP contribution in [0.25, 0.3) is 22.3 Å². The molecule has 0 unspecified atom stereocenters. The number of likely N-dealkylation sites (tertiary alicyclic amines) is 1. The van der Waals surface area contributed by atoms with E-state index in [4.69, 9.17) is 5.10 Å². The highest BCUT2D eigenvalue weighted by Gasteiger charge is 2.29. The Balaban J connectivity index is 1.04. The maximum atomic E-state index is 13.3. The lowest BCUT2D eigenvalue weighted by atomic mass is 10.00. The summed E-state index contributed by atoms with van der Waals surface area (Å²) in [5.74, 6) is 0.0694. The Labute approximate surface area is 265 Å². The van der Waals surface area contributed by atoms with E-state index in [-0.39, 0.29) is 17.6 Å². The minimum absolute atomic E-state index is 0.0694. The summed E-state index contributed by atoms with van der Waals surface area (Å²) in [6.07, 6.45) is 3.75. The first-order valence-electron chi connectivity index (χ1n) is 15.5. The second kappa shape index (κ2) is 12.2. The quantitative estimate of drug-likeness (QED) is 0.220. The SMILES string of the molecule is Cn1c(=O)n(C2CCN(CCCn3nc(-c4ccc(Br)cc4)c4c3CCN(C(=O)c3ccccc3)C4)CC2)c2ccccc21. The first kappa shape index (κ1) is 28.8. The molecule has 1 amide bonds. The Morgan fingerprint density at radius 2 is 1.59 bits per heavy atom. The van der Waals surface area contributed by atoms with Crippen molar-refractivity contribution in [3.05, 3.63) is 111 Å². The molecule has 0 spiro atoms. The molecule has 2 aromatic heterocycles. The van der Waals surface area contributed by atoms with Crippen molar-refractivity contribution in [2.45, 2.75) is 44.8 Å². The maximum absolute atomic E-state index is 13.3. The van der Waals surface area contributed by atoms with Crippen LogP contribution in [0.4, 0.5) is 0 Å². The van der Waals surface area contributed by atoms with Crippen LogP contribution in [0.3, 0.4) is 0 Å². The van der Waals surface area contributed by atoms with Gasteiger partial charge in [0.25, 0.3) is 5.91 Å². The number of halogens is 1. The zero-order valence-corrected chi connectivity index (χ0v) is 26.6. The van der Waals surface area contributed by atoms with Gasteiger partial charge in [0, 0.05) is 79.1 Å². The largest absolute Gasteiger partial charge is 0.334 e. The number of piperidine rings is 1. The summed E-state index contributed by atoms with van der Waals surface area (Å²) in [4.78, 5) is 30.8. The number of aryl methyl sites for hydroxylation is 2. The Morgan fingerprint density at radius 3 is 2.34 bits per heavy atom. The van der Waals surface area contributed by atoms with Crippen LogP contribution in [0, 0.1) is 0 Å². The summed E-state index contributed by atoms with van der Waals surface area (Å²) >= 11 is 3.56. The third-order valence-electron chi connectivity index (χ3n) is 9.32. The smallest absolute Gasteiger partial charge is 0.329 e. The average molecular weight is 654 g/mol. The van der Waals surface area contributed by atoms with Gasteiger partial charge in [-0.05, 0) is 62.2 Å². The molecule has 2 aliphatic heterocycles. The van der Waals surface area contributed by atoms with E-state index in [2.05, 4.69) is 43.7 Å². The molecule has 0 saturated carbocycles. The van der Waals surface area contributed by atoms with E-state index in [0.29, 0.717) is 13.1 Å². The number of aromatic nitrogens is 4. The first-order chi connectivity index (χ1) is 21.5. The number of para-hydroxylation sites is 2. The van der Waals surface area contributed by atoms with E-state index in [1.807, 2.05) is 77.2 Å². The molecule has 0 radical (unpaired) electrons. The fraction of sp³-hybridized carbons (Fsp3) is 0.343. The van der Waals surface area contributed by atoms with Crippen molar-refractivity contribution < 1.29 is 4.79 Å². The van der Waals surface area contributed by atoms with Gasteiger partial charge in [-0.3, -0.25) is 18.6 Å². The second-order valence-corrected chi connectivity index (χ2v) is 12.9. The minimum Gasteiger partial charge on any atom is -0.334 e. The summed E-state index contributed by atoms with van der Waals surface area (Å²) in [5.41, 5.74) is 7.28. The zero-order valence-electron chi connectivity index (χ0n) is 25.0. The highest BCUT2D eigenvalue weighted by atomic mass is 79.9. The molecule has 1 fully saturated rings. The van der Waals surface area contributed by atoms with Gasteiger partial charge >= 0.3 is 5.69 Å². The molecule has 3 aromatic carbocycles. The number of imidazole rings is 1. The summed E-state index contributed by atoms with van der Waals surface area (Å²) < 4.78 is 7.01. The lowest BCUT2D eigenvalue weighted by molar-refractivity contribution is 0.0733. The van der Waals surface area contributed by atoms with E-state index < -0.39 is 0 Å². The fourth-order valence-electron chi connectivity index (χ4n) is 6.97. The third-order valence-corrected chi connectivity index (χ3v) is 9.85. The third kappa shape index (κ3) is 5.43. The van der Waals surface area contributed by atoms with Crippen molar-refractivity contribution in [1.29, 1.82) is 0 Å². The molecule has 5 aromatic rings. The van der Waals surface area contributed by atoms with Crippen LogP contribution in [0.15, 0.2) is 88.1 Å². The molecule has 4 heterocycles. The fourth-order valence-corrected chi connectivity index (χ4v) is 7.23. The number of amides is 1. The van der Waals surface area contributed by atoms with Gasteiger partial charge in [-0.25, -0.2) is 4.79 Å². The summed E-state index contributed by atoms with van der Waals surface area (Å²) in [5, 5.41) is 5.14. The molecule has 8 nitrogen and oxygen atoms in total. The van der Waals surface area contributed by atoms with Gasteiger partial charge in [-0.15, -0.1) is 0 Å². The normalized spacial score (nSPS) is 16.0. The minimum atomic E-state index is 0.0694. The molecule has 0 bridgehead atoms. The van der Waals surface area contributed by atoms with E-state index in [0.717, 1.165) is 89.8 Å². The van der Waals surface area contributed by atoms with E-state index in [1.165, 1.54) is 5.69 Å². The van der Waals surface area contributed by atoms with Gasteiger partial charge in [-0.2, -0.15) is 5.10 Å². The molecular formula is C35H37BrN6O2. The van der Waals surface area contributed by atoms with Crippen LogP contribution in [-0.4, -0.2) is 60.8 Å². The van der Waals surface area contributed by atoms with Crippen molar-refractivity contribution in [3.63, 3.8) is 0 Å². The van der Waals surface area contributed by atoms with E-state index in [1.54, 1.807) is 4.57 Å². The number of carbonyl (C=O) groups excluding carboxylic acids is 1.